The lowest BCUT2D eigenvalue weighted by molar-refractivity contribution is -0.113. The molecule has 0 saturated heterocycles. The molecular formula is C19H19ClN2O2S2. The van der Waals surface area contributed by atoms with Crippen molar-refractivity contribution < 1.29 is 9.53 Å². The highest BCUT2D eigenvalue weighted by Gasteiger charge is 2.32. The van der Waals surface area contributed by atoms with Gasteiger partial charge in [-0.15, -0.1) is 11.3 Å². The number of aliphatic imine (C=N–C) groups is 1. The van der Waals surface area contributed by atoms with E-state index in [1.54, 1.807) is 47.2 Å². The summed E-state index contributed by atoms with van der Waals surface area (Å²) in [5, 5.41) is 3.13. The van der Waals surface area contributed by atoms with Crippen LogP contribution in [0.5, 0.6) is 5.75 Å². The molecule has 3 rings (SSSR count). The Morgan fingerprint density at radius 1 is 1.38 bits per heavy atom. The minimum atomic E-state index is -0.140. The molecule has 1 aliphatic rings. The highest BCUT2D eigenvalue weighted by molar-refractivity contribution is 8.14. The third-order valence-corrected chi connectivity index (χ3v) is 5.91. The van der Waals surface area contributed by atoms with Crippen molar-refractivity contribution in [2.75, 3.05) is 17.8 Å². The predicted octanol–water partition coefficient (Wildman–Crippen LogP) is 5.69. The second-order valence-electron chi connectivity index (χ2n) is 5.60. The number of amides is 1. The zero-order valence-corrected chi connectivity index (χ0v) is 17.0. The van der Waals surface area contributed by atoms with Crippen LogP contribution in [-0.4, -0.2) is 23.9 Å². The number of hydrogen-bond donors (Lipinski definition) is 0. The Hall–Kier alpha value is -1.76. The summed E-state index contributed by atoms with van der Waals surface area (Å²) in [6.07, 6.45) is 4.00. The SMILES string of the molecule is CCCCSC1=N/C(=C\c2cccs2)C(=O)N1c1ccc(OC)c(Cl)c1. The molecular weight excluding hydrogens is 388 g/mol. The zero-order chi connectivity index (χ0) is 18.5. The van der Waals surface area contributed by atoms with Crippen molar-refractivity contribution in [1.82, 2.24) is 0 Å². The zero-order valence-electron chi connectivity index (χ0n) is 14.6. The highest BCUT2D eigenvalue weighted by atomic mass is 35.5. The Balaban J connectivity index is 1.94. The first kappa shape index (κ1) is 19.0. The number of unbranched alkanes of at least 4 members (excludes halogenated alkanes) is 1. The van der Waals surface area contributed by atoms with Crippen LogP contribution in [-0.2, 0) is 4.79 Å². The largest absolute Gasteiger partial charge is 0.495 e. The summed E-state index contributed by atoms with van der Waals surface area (Å²) in [4.78, 5) is 20.2. The lowest BCUT2D eigenvalue weighted by Crippen LogP contribution is -2.30. The monoisotopic (exact) mass is 406 g/mol. The molecule has 1 aromatic carbocycles. The van der Waals surface area contributed by atoms with Crippen molar-refractivity contribution >= 4 is 57.5 Å². The maximum absolute atomic E-state index is 13.0. The Kier molecular flexibility index (Phi) is 6.40. The summed E-state index contributed by atoms with van der Waals surface area (Å²) in [7, 11) is 1.57. The molecule has 0 bridgehead atoms. The summed E-state index contributed by atoms with van der Waals surface area (Å²) in [6, 6.07) is 9.25. The van der Waals surface area contributed by atoms with E-state index >= 15 is 0 Å². The van der Waals surface area contributed by atoms with E-state index in [1.807, 2.05) is 29.7 Å². The molecule has 1 amide bonds. The van der Waals surface area contributed by atoms with Gasteiger partial charge in [0, 0.05) is 10.6 Å². The van der Waals surface area contributed by atoms with E-state index in [-0.39, 0.29) is 5.91 Å². The first-order chi connectivity index (χ1) is 12.6. The first-order valence-electron chi connectivity index (χ1n) is 8.28. The highest BCUT2D eigenvalue weighted by Crippen LogP contribution is 2.34. The Morgan fingerprint density at radius 2 is 2.23 bits per heavy atom. The number of hydrogen-bond acceptors (Lipinski definition) is 5. The van der Waals surface area contributed by atoms with Crippen LogP contribution < -0.4 is 9.64 Å². The fraction of sp³-hybridized carbons (Fsp3) is 0.263. The Morgan fingerprint density at radius 3 is 2.88 bits per heavy atom. The average molecular weight is 407 g/mol. The third kappa shape index (κ3) is 4.14. The molecule has 0 saturated carbocycles. The van der Waals surface area contributed by atoms with Crippen molar-refractivity contribution in [3.8, 4) is 5.75 Å². The first-order valence-corrected chi connectivity index (χ1v) is 10.5. The topological polar surface area (TPSA) is 41.9 Å². The molecule has 1 aliphatic heterocycles. The smallest absolute Gasteiger partial charge is 0.283 e. The molecule has 0 aliphatic carbocycles. The molecule has 0 atom stereocenters. The molecule has 2 aromatic rings. The fourth-order valence-electron chi connectivity index (χ4n) is 2.43. The number of benzene rings is 1. The van der Waals surface area contributed by atoms with Gasteiger partial charge in [0.05, 0.1) is 17.8 Å². The van der Waals surface area contributed by atoms with Gasteiger partial charge in [-0.1, -0.05) is 42.8 Å². The number of methoxy groups -OCH3 is 1. The van der Waals surface area contributed by atoms with Crippen molar-refractivity contribution in [1.29, 1.82) is 0 Å². The number of thiophene rings is 1. The van der Waals surface area contributed by atoms with Gasteiger partial charge in [0.25, 0.3) is 5.91 Å². The van der Waals surface area contributed by atoms with E-state index in [0.717, 1.165) is 23.5 Å². The number of carbonyl (C=O) groups is 1. The van der Waals surface area contributed by atoms with Crippen LogP contribution in [0.4, 0.5) is 5.69 Å². The molecule has 2 heterocycles. The van der Waals surface area contributed by atoms with Gasteiger partial charge in [-0.25, -0.2) is 4.99 Å². The molecule has 4 nitrogen and oxygen atoms in total. The molecule has 0 N–H and O–H groups in total. The minimum absolute atomic E-state index is 0.140. The normalized spacial score (nSPS) is 15.7. The van der Waals surface area contributed by atoms with Gasteiger partial charge >= 0.3 is 0 Å². The summed E-state index contributed by atoms with van der Waals surface area (Å²) < 4.78 is 5.21. The molecule has 0 spiro atoms. The second kappa shape index (κ2) is 8.75. The summed E-state index contributed by atoms with van der Waals surface area (Å²) in [5.41, 5.74) is 1.14. The summed E-state index contributed by atoms with van der Waals surface area (Å²) >= 11 is 9.43. The van der Waals surface area contributed by atoms with E-state index in [0.29, 0.717) is 27.3 Å². The number of nitrogens with zero attached hydrogens (tertiary/aromatic N) is 2. The maximum Gasteiger partial charge on any atom is 0.283 e. The fourth-order valence-corrected chi connectivity index (χ4v) is 4.43. The molecule has 1 aromatic heterocycles. The predicted molar refractivity (Wildman–Crippen MR) is 113 cm³/mol. The molecule has 0 unspecified atom stereocenters. The van der Waals surface area contributed by atoms with Crippen molar-refractivity contribution in [2.45, 2.75) is 19.8 Å². The number of carbonyl (C=O) groups excluding carboxylic acids is 1. The van der Waals surface area contributed by atoms with Gasteiger partial charge in [-0.05, 0) is 42.1 Å². The number of rotatable bonds is 6. The van der Waals surface area contributed by atoms with Crippen molar-refractivity contribution in [2.24, 2.45) is 4.99 Å². The van der Waals surface area contributed by atoms with E-state index in [4.69, 9.17) is 16.3 Å². The summed E-state index contributed by atoms with van der Waals surface area (Å²) in [5.74, 6) is 1.35. The van der Waals surface area contributed by atoms with Crippen LogP contribution >= 0.6 is 34.7 Å². The Bertz CT molecular complexity index is 847. The number of ether oxygens (including phenoxy) is 1. The van der Waals surface area contributed by atoms with E-state index in [1.165, 1.54) is 0 Å². The van der Waals surface area contributed by atoms with Crippen molar-refractivity contribution in [3.63, 3.8) is 0 Å². The molecule has 0 fully saturated rings. The van der Waals surface area contributed by atoms with Crippen molar-refractivity contribution in [3.05, 3.63) is 51.3 Å². The van der Waals surface area contributed by atoms with Gasteiger partial charge in [-0.3, -0.25) is 9.69 Å². The van der Waals surface area contributed by atoms with Crippen LogP contribution in [0.3, 0.4) is 0 Å². The molecule has 26 heavy (non-hydrogen) atoms. The quantitative estimate of drug-likeness (QED) is 0.457. The second-order valence-corrected chi connectivity index (χ2v) is 8.05. The lowest BCUT2D eigenvalue weighted by atomic mass is 10.2. The van der Waals surface area contributed by atoms with Gasteiger partial charge in [0.2, 0.25) is 0 Å². The number of thioether (sulfide) groups is 1. The van der Waals surface area contributed by atoms with Crippen LogP contribution in [0.1, 0.15) is 24.6 Å². The van der Waals surface area contributed by atoms with Crippen LogP contribution in [0.2, 0.25) is 5.02 Å². The van der Waals surface area contributed by atoms with Gasteiger partial charge in [0.15, 0.2) is 5.17 Å². The molecule has 0 radical (unpaired) electrons. The van der Waals surface area contributed by atoms with E-state index < -0.39 is 0 Å². The lowest BCUT2D eigenvalue weighted by Gasteiger charge is -2.18. The molecule has 7 heteroatoms. The van der Waals surface area contributed by atoms with Crippen LogP contribution in [0, 0.1) is 0 Å². The van der Waals surface area contributed by atoms with Crippen LogP contribution in [0.25, 0.3) is 6.08 Å². The number of amidine groups is 1. The van der Waals surface area contributed by atoms with E-state index in [9.17, 15) is 4.79 Å². The Labute approximate surface area is 166 Å². The maximum atomic E-state index is 13.0. The standard InChI is InChI=1S/C19H19ClN2O2S2/c1-3-4-9-26-19-21-16(12-14-6-5-10-25-14)18(23)22(19)13-7-8-17(24-2)15(20)11-13/h5-8,10-12H,3-4,9H2,1-2H3/b16-12-. The van der Waals surface area contributed by atoms with E-state index in [2.05, 4.69) is 11.9 Å². The minimum Gasteiger partial charge on any atom is -0.495 e. The number of halogens is 1. The number of anilines is 1. The average Bonchev–Trinajstić information content (AvgIpc) is 3.24. The van der Waals surface area contributed by atoms with Gasteiger partial charge in [-0.2, -0.15) is 0 Å². The van der Waals surface area contributed by atoms with Crippen LogP contribution in [0.15, 0.2) is 46.4 Å². The molecule has 136 valence electrons. The van der Waals surface area contributed by atoms with Gasteiger partial charge < -0.3 is 4.74 Å². The third-order valence-electron chi connectivity index (χ3n) is 3.77. The van der Waals surface area contributed by atoms with Gasteiger partial charge in [0.1, 0.15) is 11.4 Å². The summed E-state index contributed by atoms with van der Waals surface area (Å²) in [6.45, 7) is 2.14.